The minimum atomic E-state index is -1.06. The molecular weight excluding hydrogens is 282 g/mol. The number of carboxylic acid groups (broad SMARTS) is 1. The average Bonchev–Trinajstić information content (AvgIpc) is 2.97. The van der Waals surface area contributed by atoms with Crippen LogP contribution in [0, 0.1) is 0 Å². The molecule has 0 radical (unpaired) electrons. The van der Waals surface area contributed by atoms with E-state index in [-0.39, 0.29) is 12.3 Å². The van der Waals surface area contributed by atoms with Crippen LogP contribution in [0.5, 0.6) is 0 Å². The Labute approximate surface area is 127 Å². The Hall–Kier alpha value is -2.89. The lowest BCUT2D eigenvalue weighted by atomic mass is 9.95. The van der Waals surface area contributed by atoms with E-state index < -0.39 is 12.0 Å². The molecule has 0 bridgehead atoms. The van der Waals surface area contributed by atoms with Crippen LogP contribution in [0.1, 0.15) is 17.0 Å². The first-order valence-electron chi connectivity index (χ1n) is 6.91. The summed E-state index contributed by atoms with van der Waals surface area (Å²) in [6, 6.07) is 9.87. The molecule has 0 saturated carbocycles. The molecule has 1 unspecified atom stereocenters. The van der Waals surface area contributed by atoms with Crippen molar-refractivity contribution < 1.29 is 14.7 Å². The van der Waals surface area contributed by atoms with Gasteiger partial charge >= 0.3 is 6.09 Å². The number of rotatable bonds is 3. The predicted octanol–water partition coefficient (Wildman–Crippen LogP) is 2.09. The number of ketones is 1. The first-order chi connectivity index (χ1) is 10.6. The van der Waals surface area contributed by atoms with Crippen molar-refractivity contribution in [1.29, 1.82) is 0 Å². The van der Waals surface area contributed by atoms with Crippen molar-refractivity contribution in [3.63, 3.8) is 0 Å². The molecule has 6 heteroatoms. The van der Waals surface area contributed by atoms with Gasteiger partial charge in [0.25, 0.3) is 0 Å². The molecule has 2 heterocycles. The zero-order chi connectivity index (χ0) is 15.5. The Morgan fingerprint density at radius 3 is 2.82 bits per heavy atom. The third-order valence-corrected chi connectivity index (χ3v) is 3.63. The Balaban J connectivity index is 1.77. The minimum Gasteiger partial charge on any atom is -0.465 e. The maximum atomic E-state index is 12.0. The number of aromatic nitrogens is 2. The topological polar surface area (TPSA) is 75.4 Å². The van der Waals surface area contributed by atoms with Gasteiger partial charge in [0.05, 0.1) is 18.7 Å². The minimum absolute atomic E-state index is 0.100. The first kappa shape index (κ1) is 14.1. The SMILES string of the molecule is O=C1C=CN(C(=O)O)CC1c1cnn(Cc2ccccc2)c1. The third kappa shape index (κ3) is 2.90. The molecule has 6 nitrogen and oxygen atoms in total. The fraction of sp³-hybridized carbons (Fsp3) is 0.188. The molecule has 1 aliphatic rings. The van der Waals surface area contributed by atoms with Gasteiger partial charge in [-0.1, -0.05) is 30.3 Å². The molecule has 112 valence electrons. The van der Waals surface area contributed by atoms with Crippen molar-refractivity contribution >= 4 is 11.9 Å². The summed E-state index contributed by atoms with van der Waals surface area (Å²) in [6.45, 7) is 0.738. The van der Waals surface area contributed by atoms with Gasteiger partial charge in [-0.25, -0.2) is 4.79 Å². The van der Waals surface area contributed by atoms with Crippen molar-refractivity contribution in [2.24, 2.45) is 0 Å². The Bertz CT molecular complexity index is 721. The van der Waals surface area contributed by atoms with Crippen LogP contribution < -0.4 is 0 Å². The van der Waals surface area contributed by atoms with E-state index >= 15 is 0 Å². The lowest BCUT2D eigenvalue weighted by Crippen LogP contribution is -2.35. The predicted molar refractivity (Wildman–Crippen MR) is 79.4 cm³/mol. The highest BCUT2D eigenvalue weighted by molar-refractivity contribution is 5.97. The highest BCUT2D eigenvalue weighted by Crippen LogP contribution is 2.22. The molecule has 0 fully saturated rings. The molecule has 1 atom stereocenters. The summed E-state index contributed by atoms with van der Waals surface area (Å²) in [5.74, 6) is -0.595. The van der Waals surface area contributed by atoms with Gasteiger partial charge < -0.3 is 5.11 Å². The number of benzene rings is 1. The highest BCUT2D eigenvalue weighted by Gasteiger charge is 2.28. The molecule has 22 heavy (non-hydrogen) atoms. The van der Waals surface area contributed by atoms with Gasteiger partial charge in [-0.15, -0.1) is 0 Å². The van der Waals surface area contributed by atoms with Gasteiger partial charge in [0, 0.05) is 24.5 Å². The molecule has 1 aromatic heterocycles. The fourth-order valence-corrected chi connectivity index (χ4v) is 2.46. The number of allylic oxidation sites excluding steroid dienone is 1. The normalized spacial score (nSPS) is 17.7. The van der Waals surface area contributed by atoms with Crippen LogP contribution in [0.2, 0.25) is 0 Å². The quantitative estimate of drug-likeness (QED) is 0.941. The molecule has 2 aromatic rings. The Kier molecular flexibility index (Phi) is 3.74. The Morgan fingerprint density at radius 1 is 1.32 bits per heavy atom. The summed E-state index contributed by atoms with van der Waals surface area (Å²) in [6.07, 6.45) is 4.97. The summed E-state index contributed by atoms with van der Waals surface area (Å²) in [5.41, 5.74) is 1.84. The van der Waals surface area contributed by atoms with Crippen molar-refractivity contribution in [3.05, 3.63) is 66.1 Å². The molecule has 1 aromatic carbocycles. The van der Waals surface area contributed by atoms with Crippen LogP contribution in [0.3, 0.4) is 0 Å². The van der Waals surface area contributed by atoms with E-state index in [0.717, 1.165) is 16.0 Å². The molecule has 1 aliphatic heterocycles. The van der Waals surface area contributed by atoms with Gasteiger partial charge in [0.2, 0.25) is 0 Å². The van der Waals surface area contributed by atoms with E-state index in [1.54, 1.807) is 17.1 Å². The highest BCUT2D eigenvalue weighted by atomic mass is 16.4. The fourth-order valence-electron chi connectivity index (χ4n) is 2.46. The van der Waals surface area contributed by atoms with Crippen molar-refractivity contribution in [3.8, 4) is 0 Å². The third-order valence-electron chi connectivity index (χ3n) is 3.63. The number of hydrogen-bond acceptors (Lipinski definition) is 3. The van der Waals surface area contributed by atoms with Crippen LogP contribution in [-0.2, 0) is 11.3 Å². The Morgan fingerprint density at radius 2 is 2.09 bits per heavy atom. The van der Waals surface area contributed by atoms with Crippen LogP contribution in [0.15, 0.2) is 55.0 Å². The van der Waals surface area contributed by atoms with Crippen LogP contribution >= 0.6 is 0 Å². The van der Waals surface area contributed by atoms with Gasteiger partial charge in [-0.2, -0.15) is 5.10 Å². The van der Waals surface area contributed by atoms with Crippen molar-refractivity contribution in [2.75, 3.05) is 6.54 Å². The second kappa shape index (κ2) is 5.85. The second-order valence-corrected chi connectivity index (χ2v) is 5.16. The monoisotopic (exact) mass is 297 g/mol. The molecule has 1 N–H and O–H groups in total. The molecule has 1 amide bonds. The number of hydrogen-bond donors (Lipinski definition) is 1. The summed E-state index contributed by atoms with van der Waals surface area (Å²) in [4.78, 5) is 24.1. The lowest BCUT2D eigenvalue weighted by Gasteiger charge is -2.23. The van der Waals surface area contributed by atoms with Crippen molar-refractivity contribution in [2.45, 2.75) is 12.5 Å². The van der Waals surface area contributed by atoms with Gasteiger partial charge in [0.15, 0.2) is 5.78 Å². The summed E-state index contributed by atoms with van der Waals surface area (Å²) < 4.78 is 1.75. The van der Waals surface area contributed by atoms with E-state index in [1.165, 1.54) is 12.3 Å². The summed E-state index contributed by atoms with van der Waals surface area (Å²) in [5, 5.41) is 13.3. The molecule has 0 aliphatic carbocycles. The average molecular weight is 297 g/mol. The van der Waals surface area contributed by atoms with Crippen LogP contribution in [-0.4, -0.2) is 38.2 Å². The standard InChI is InChI=1S/C16H15N3O3/c20-15-6-7-18(16(21)22)11-14(15)13-8-17-19(10-13)9-12-4-2-1-3-5-12/h1-8,10,14H,9,11H2,(H,21,22). The van der Waals surface area contributed by atoms with E-state index in [2.05, 4.69) is 5.10 Å². The number of nitrogens with zero attached hydrogens (tertiary/aromatic N) is 3. The number of carbonyl (C=O) groups is 2. The second-order valence-electron chi connectivity index (χ2n) is 5.16. The summed E-state index contributed by atoms with van der Waals surface area (Å²) >= 11 is 0. The van der Waals surface area contributed by atoms with Crippen LogP contribution in [0.4, 0.5) is 4.79 Å². The van der Waals surface area contributed by atoms with Gasteiger partial charge in [0.1, 0.15) is 0 Å². The zero-order valence-corrected chi connectivity index (χ0v) is 11.8. The van der Waals surface area contributed by atoms with E-state index in [1.807, 2.05) is 30.3 Å². The van der Waals surface area contributed by atoms with E-state index in [0.29, 0.717) is 6.54 Å². The van der Waals surface area contributed by atoms with Crippen molar-refractivity contribution in [1.82, 2.24) is 14.7 Å². The smallest absolute Gasteiger partial charge is 0.411 e. The first-order valence-corrected chi connectivity index (χ1v) is 6.91. The van der Waals surface area contributed by atoms with Gasteiger partial charge in [-0.05, 0) is 11.6 Å². The molecule has 3 rings (SSSR count). The van der Waals surface area contributed by atoms with E-state index in [4.69, 9.17) is 5.11 Å². The molecule has 0 saturated heterocycles. The van der Waals surface area contributed by atoms with Gasteiger partial charge in [-0.3, -0.25) is 14.4 Å². The number of amides is 1. The largest absolute Gasteiger partial charge is 0.465 e. The summed E-state index contributed by atoms with van der Waals surface area (Å²) in [7, 11) is 0. The maximum absolute atomic E-state index is 12.0. The number of carbonyl (C=O) groups excluding carboxylic acids is 1. The van der Waals surface area contributed by atoms with Crippen LogP contribution in [0.25, 0.3) is 0 Å². The lowest BCUT2D eigenvalue weighted by molar-refractivity contribution is -0.116. The van der Waals surface area contributed by atoms with E-state index in [9.17, 15) is 9.59 Å². The molecule has 0 spiro atoms. The maximum Gasteiger partial charge on any atom is 0.411 e. The molecular formula is C16H15N3O3. The zero-order valence-electron chi connectivity index (χ0n) is 11.8.